The molecule has 1 aliphatic heterocycles. The van der Waals surface area contributed by atoms with Gasteiger partial charge in [0.05, 0.1) is 18.9 Å². The second-order valence-corrected chi connectivity index (χ2v) is 6.73. The Morgan fingerprint density at radius 1 is 1.00 bits per heavy atom. The zero-order chi connectivity index (χ0) is 20.1. The van der Waals surface area contributed by atoms with Crippen LogP contribution in [0.25, 0.3) is 0 Å². The van der Waals surface area contributed by atoms with Crippen molar-refractivity contribution in [1.82, 2.24) is 9.88 Å². The molecule has 6 heteroatoms. The van der Waals surface area contributed by atoms with Gasteiger partial charge in [-0.2, -0.15) is 0 Å². The van der Waals surface area contributed by atoms with E-state index in [0.717, 1.165) is 22.4 Å². The van der Waals surface area contributed by atoms with E-state index in [-0.39, 0.29) is 6.10 Å². The fourth-order valence-corrected chi connectivity index (χ4v) is 3.28. The molecule has 1 unspecified atom stereocenters. The summed E-state index contributed by atoms with van der Waals surface area (Å²) in [6.07, 6.45) is 0.471. The summed E-state index contributed by atoms with van der Waals surface area (Å²) >= 11 is 0. The van der Waals surface area contributed by atoms with Crippen molar-refractivity contribution in [2.75, 3.05) is 19.7 Å². The van der Waals surface area contributed by atoms with Gasteiger partial charge in [0.2, 0.25) is 0 Å². The van der Waals surface area contributed by atoms with Crippen molar-refractivity contribution in [3.8, 4) is 0 Å². The van der Waals surface area contributed by atoms with Crippen molar-refractivity contribution >= 4 is 17.6 Å². The Bertz CT molecular complexity index is 947. The molecular formula is C23H21N3O3. The molecule has 1 aromatic heterocycles. The predicted molar refractivity (Wildman–Crippen MR) is 111 cm³/mol. The molecule has 0 radical (unpaired) electrons. The number of carbonyl (C=O) groups is 1. The quantitative estimate of drug-likeness (QED) is 0.677. The van der Waals surface area contributed by atoms with Crippen molar-refractivity contribution in [2.45, 2.75) is 6.10 Å². The van der Waals surface area contributed by atoms with E-state index in [1.165, 1.54) is 4.90 Å². The summed E-state index contributed by atoms with van der Waals surface area (Å²) in [6, 6.07) is 23.7. The number of pyridine rings is 1. The van der Waals surface area contributed by atoms with Crippen molar-refractivity contribution in [2.24, 2.45) is 4.99 Å². The van der Waals surface area contributed by atoms with Gasteiger partial charge in [0.15, 0.2) is 5.82 Å². The third kappa shape index (κ3) is 4.50. The van der Waals surface area contributed by atoms with Gasteiger partial charge < -0.3 is 14.7 Å². The Kier molecular flexibility index (Phi) is 5.63. The summed E-state index contributed by atoms with van der Waals surface area (Å²) in [6.45, 7) is 1.07. The van der Waals surface area contributed by atoms with Crippen LogP contribution in [0.1, 0.15) is 22.8 Å². The molecule has 29 heavy (non-hydrogen) atoms. The minimum Gasteiger partial charge on any atom is -0.465 e. The number of rotatable bonds is 4. The van der Waals surface area contributed by atoms with E-state index in [2.05, 4.69) is 4.98 Å². The molecule has 0 saturated carbocycles. The molecule has 2 heterocycles. The molecule has 1 saturated heterocycles. The highest BCUT2D eigenvalue weighted by atomic mass is 16.5. The van der Waals surface area contributed by atoms with E-state index in [1.807, 2.05) is 72.8 Å². The van der Waals surface area contributed by atoms with E-state index in [0.29, 0.717) is 25.5 Å². The average molecular weight is 387 g/mol. The van der Waals surface area contributed by atoms with Crippen LogP contribution in [0, 0.1) is 0 Å². The lowest BCUT2D eigenvalue weighted by Crippen LogP contribution is -2.41. The Morgan fingerprint density at radius 2 is 1.66 bits per heavy atom. The van der Waals surface area contributed by atoms with Gasteiger partial charge in [0, 0.05) is 29.4 Å². The largest absolute Gasteiger partial charge is 0.465 e. The maximum atomic E-state index is 11.2. The molecule has 146 valence electrons. The van der Waals surface area contributed by atoms with Gasteiger partial charge in [-0.1, -0.05) is 66.7 Å². The molecule has 0 bridgehead atoms. The number of hydrogen-bond acceptors (Lipinski definition) is 4. The second-order valence-electron chi connectivity index (χ2n) is 6.73. The number of amides is 1. The minimum absolute atomic E-state index is 0.304. The molecule has 4 rings (SSSR count). The maximum Gasteiger partial charge on any atom is 0.407 e. The maximum absolute atomic E-state index is 11.2. The van der Waals surface area contributed by atoms with Crippen molar-refractivity contribution in [3.63, 3.8) is 0 Å². The molecule has 3 aromatic rings. The summed E-state index contributed by atoms with van der Waals surface area (Å²) in [4.78, 5) is 21.8. The number of nitrogens with zero attached hydrogens (tertiary/aromatic N) is 3. The lowest BCUT2D eigenvalue weighted by atomic mass is 10.0. The number of carboxylic acid groups (broad SMARTS) is 1. The third-order valence-electron chi connectivity index (χ3n) is 4.80. The molecule has 1 fully saturated rings. The molecule has 1 atom stereocenters. The van der Waals surface area contributed by atoms with E-state index in [9.17, 15) is 9.90 Å². The molecule has 1 N–H and O–H groups in total. The van der Waals surface area contributed by atoms with Crippen LogP contribution in [0.4, 0.5) is 10.6 Å². The van der Waals surface area contributed by atoms with Gasteiger partial charge in [0.25, 0.3) is 0 Å². The highest BCUT2D eigenvalue weighted by Crippen LogP contribution is 2.24. The lowest BCUT2D eigenvalue weighted by molar-refractivity contribution is -0.0233. The zero-order valence-electron chi connectivity index (χ0n) is 15.8. The van der Waals surface area contributed by atoms with Gasteiger partial charge in [0.1, 0.15) is 6.10 Å². The summed E-state index contributed by atoms with van der Waals surface area (Å²) in [5, 5.41) is 9.20. The SMILES string of the molecule is O=C(O)N1CCOC(c2ccc(N=C(c3ccccc3)c3ccccc3)nc2)C1. The first-order valence-electron chi connectivity index (χ1n) is 9.45. The molecule has 1 amide bonds. The van der Waals surface area contributed by atoms with Gasteiger partial charge in [-0.25, -0.2) is 14.8 Å². The fourth-order valence-electron chi connectivity index (χ4n) is 3.28. The van der Waals surface area contributed by atoms with E-state index < -0.39 is 6.09 Å². The third-order valence-corrected chi connectivity index (χ3v) is 4.80. The van der Waals surface area contributed by atoms with Crippen LogP contribution in [0.2, 0.25) is 0 Å². The summed E-state index contributed by atoms with van der Waals surface area (Å²) in [5.74, 6) is 0.586. The average Bonchev–Trinajstić information content (AvgIpc) is 2.79. The standard InChI is InChI=1S/C23H21N3O3/c27-23(28)26-13-14-29-20(16-26)19-11-12-21(24-15-19)25-22(17-7-3-1-4-8-17)18-9-5-2-6-10-18/h1-12,15,20H,13-14,16H2,(H,27,28). The topological polar surface area (TPSA) is 75.0 Å². The van der Waals surface area contributed by atoms with Crippen LogP contribution in [-0.2, 0) is 4.74 Å². The van der Waals surface area contributed by atoms with Gasteiger partial charge >= 0.3 is 6.09 Å². The number of ether oxygens (including phenoxy) is 1. The van der Waals surface area contributed by atoms with Crippen LogP contribution in [-0.4, -0.2) is 46.5 Å². The first-order chi connectivity index (χ1) is 14.2. The van der Waals surface area contributed by atoms with Gasteiger partial charge in [-0.15, -0.1) is 0 Å². The van der Waals surface area contributed by atoms with E-state index >= 15 is 0 Å². The van der Waals surface area contributed by atoms with E-state index in [1.54, 1.807) is 6.20 Å². The van der Waals surface area contributed by atoms with Crippen LogP contribution in [0.3, 0.4) is 0 Å². The smallest absolute Gasteiger partial charge is 0.407 e. The normalized spacial score (nSPS) is 16.3. The van der Waals surface area contributed by atoms with E-state index in [4.69, 9.17) is 9.73 Å². The highest BCUT2D eigenvalue weighted by Gasteiger charge is 2.25. The first kappa shape index (κ1) is 18.8. The molecule has 2 aromatic carbocycles. The molecule has 1 aliphatic rings. The first-order valence-corrected chi connectivity index (χ1v) is 9.45. The molecular weight excluding hydrogens is 366 g/mol. The lowest BCUT2D eigenvalue weighted by Gasteiger charge is -2.31. The fraction of sp³-hybridized carbons (Fsp3) is 0.174. The Balaban J connectivity index is 1.61. The predicted octanol–water partition coefficient (Wildman–Crippen LogP) is 4.30. The van der Waals surface area contributed by atoms with Crippen LogP contribution < -0.4 is 0 Å². The second kappa shape index (κ2) is 8.67. The summed E-state index contributed by atoms with van der Waals surface area (Å²) in [5.41, 5.74) is 3.71. The summed E-state index contributed by atoms with van der Waals surface area (Å²) in [7, 11) is 0. The zero-order valence-corrected chi connectivity index (χ0v) is 15.8. The van der Waals surface area contributed by atoms with Gasteiger partial charge in [-0.3, -0.25) is 0 Å². The van der Waals surface area contributed by atoms with Crippen LogP contribution in [0.15, 0.2) is 84.0 Å². The van der Waals surface area contributed by atoms with Crippen molar-refractivity contribution < 1.29 is 14.6 Å². The minimum atomic E-state index is -0.928. The Morgan fingerprint density at radius 3 is 2.21 bits per heavy atom. The Labute approximate surface area is 169 Å². The van der Waals surface area contributed by atoms with Gasteiger partial charge in [-0.05, 0) is 6.07 Å². The number of aromatic nitrogens is 1. The Hall–Kier alpha value is -3.51. The molecule has 0 spiro atoms. The number of aliphatic imine (C=N–C) groups is 1. The van der Waals surface area contributed by atoms with Crippen molar-refractivity contribution in [1.29, 1.82) is 0 Å². The highest BCUT2D eigenvalue weighted by molar-refractivity contribution is 6.13. The number of benzene rings is 2. The number of morpholine rings is 1. The van der Waals surface area contributed by atoms with Crippen LogP contribution >= 0.6 is 0 Å². The van der Waals surface area contributed by atoms with Crippen LogP contribution in [0.5, 0.6) is 0 Å². The molecule has 6 nitrogen and oxygen atoms in total. The molecule has 0 aliphatic carbocycles. The summed E-state index contributed by atoms with van der Waals surface area (Å²) < 4.78 is 5.72. The monoisotopic (exact) mass is 387 g/mol. The number of hydrogen-bond donors (Lipinski definition) is 1. The van der Waals surface area contributed by atoms with Crippen molar-refractivity contribution in [3.05, 3.63) is 95.7 Å².